The van der Waals surface area contributed by atoms with E-state index < -0.39 is 11.3 Å². The average molecular weight is 132 g/mol. The van der Waals surface area contributed by atoms with Gasteiger partial charge in [0.15, 0.2) is 0 Å². The fraction of sp³-hybridized carbons (Fsp3) is 0. The first-order valence-electron chi connectivity index (χ1n) is 0.826. The Labute approximate surface area is 43.9 Å². The van der Waals surface area contributed by atoms with Crippen molar-refractivity contribution in [3.63, 3.8) is 0 Å². The predicted octanol–water partition coefficient (Wildman–Crippen LogP) is -1.33. The van der Waals surface area contributed by atoms with E-state index in [0.717, 1.165) is 0 Å². The molecule has 0 aromatic carbocycles. The summed E-state index contributed by atoms with van der Waals surface area (Å²) in [4.78, 5) is 1.44. The lowest BCUT2D eigenvalue weighted by Crippen LogP contribution is -2.23. The van der Waals surface area contributed by atoms with Gasteiger partial charge in [-0.2, -0.15) is 4.83 Å². The van der Waals surface area contributed by atoms with Crippen LogP contribution in [0, 0.1) is 0 Å². The normalized spacial score (nSPS) is 12.3. The first-order chi connectivity index (χ1) is 2.27. The van der Waals surface area contributed by atoms with Gasteiger partial charge < -0.3 is 4.55 Å². The lowest BCUT2D eigenvalue weighted by Gasteiger charge is -1.95. The maximum atomic E-state index is 9.13. The number of hydrogen-bond acceptors (Lipinski definition) is 3. The third-order valence-electron chi connectivity index (χ3n) is 0.0962. The van der Waals surface area contributed by atoms with Gasteiger partial charge in [0.25, 0.3) is 0 Å². The Morgan fingerprint density at radius 3 is 2.00 bits per heavy atom. The molecule has 0 aromatic heterocycles. The quantitative estimate of drug-likeness (QED) is 0.263. The maximum Gasteiger partial charge on any atom is 0.0322 e. The van der Waals surface area contributed by atoms with Crippen LogP contribution in [-0.2, 0) is 11.3 Å². The third-order valence-corrected chi connectivity index (χ3v) is 0.289. The molecule has 4 nitrogen and oxygen atoms in total. The highest BCUT2D eigenvalue weighted by Crippen LogP contribution is 1.43. The Bertz CT molecular complexity index is 46.8. The highest BCUT2D eigenvalue weighted by atomic mass is 35.5. The molecule has 6 heteroatoms. The SMILES string of the molecule is Cl.NNS(=O)[O-]. The van der Waals surface area contributed by atoms with Crippen molar-refractivity contribution < 1.29 is 8.76 Å². The van der Waals surface area contributed by atoms with Crippen LogP contribution in [-0.4, -0.2) is 8.76 Å². The second-order valence-corrected chi connectivity index (χ2v) is 1.06. The number of nitrogens with two attached hydrogens (primary N) is 1. The zero-order valence-corrected chi connectivity index (χ0v) is 4.34. The first kappa shape index (κ1) is 9.58. The Hall–Kier alpha value is 0.320. The van der Waals surface area contributed by atoms with Gasteiger partial charge in [-0.25, -0.2) is 0 Å². The molecule has 0 radical (unpaired) electrons. The van der Waals surface area contributed by atoms with Gasteiger partial charge in [-0.3, -0.25) is 10.1 Å². The van der Waals surface area contributed by atoms with Gasteiger partial charge in [-0.1, -0.05) is 0 Å². The predicted molar refractivity (Wildman–Crippen MR) is 23.5 cm³/mol. The minimum Gasteiger partial charge on any atom is -0.759 e. The zero-order chi connectivity index (χ0) is 4.28. The Morgan fingerprint density at radius 2 is 2.00 bits per heavy atom. The van der Waals surface area contributed by atoms with Crippen molar-refractivity contribution in [2.24, 2.45) is 5.84 Å². The third kappa shape index (κ3) is 8.85. The summed E-state index contributed by atoms with van der Waals surface area (Å²) in [6.07, 6.45) is 0. The van der Waals surface area contributed by atoms with Crippen LogP contribution >= 0.6 is 12.4 Å². The van der Waals surface area contributed by atoms with E-state index in [1.165, 1.54) is 4.83 Å². The van der Waals surface area contributed by atoms with Crippen molar-refractivity contribution in [3.05, 3.63) is 0 Å². The van der Waals surface area contributed by atoms with E-state index >= 15 is 0 Å². The van der Waals surface area contributed by atoms with Crippen LogP contribution in [0.2, 0.25) is 0 Å². The minimum atomic E-state index is -2.29. The molecule has 0 aliphatic heterocycles. The van der Waals surface area contributed by atoms with Crippen molar-refractivity contribution in [1.29, 1.82) is 0 Å². The molecule has 0 saturated carbocycles. The molecule has 0 fully saturated rings. The highest BCUT2D eigenvalue weighted by Gasteiger charge is 1.57. The first-order valence-corrected chi connectivity index (χ1v) is 1.90. The Morgan fingerprint density at radius 1 is 1.83 bits per heavy atom. The summed E-state index contributed by atoms with van der Waals surface area (Å²) >= 11 is -2.29. The standard InChI is InChI=1S/ClH.H4N2O2S/c;1-2-5(3)4/h1H;2H,1H2,(H,3,4)/p-1. The molecule has 0 aromatic rings. The molecule has 0 rings (SSSR count). The monoisotopic (exact) mass is 131 g/mol. The molecule has 6 heavy (non-hydrogen) atoms. The fourth-order valence-corrected chi connectivity index (χ4v) is 0. The Balaban J connectivity index is 0. The van der Waals surface area contributed by atoms with Gasteiger partial charge in [0.05, 0.1) is 0 Å². The molecular formula is H4ClN2O2S-. The van der Waals surface area contributed by atoms with E-state index in [9.17, 15) is 0 Å². The number of hydrogen-bond donors (Lipinski definition) is 2. The van der Waals surface area contributed by atoms with Gasteiger partial charge in [0.1, 0.15) is 0 Å². The van der Waals surface area contributed by atoms with E-state index in [1.54, 1.807) is 0 Å². The van der Waals surface area contributed by atoms with Crippen molar-refractivity contribution in [2.75, 3.05) is 0 Å². The van der Waals surface area contributed by atoms with Crippen LogP contribution in [0.4, 0.5) is 0 Å². The smallest absolute Gasteiger partial charge is 0.0322 e. The lowest BCUT2D eigenvalue weighted by atomic mass is 13.0. The van der Waals surface area contributed by atoms with Crippen LogP contribution in [0.5, 0.6) is 0 Å². The molecule has 3 N–H and O–H groups in total. The molecule has 0 heterocycles. The summed E-state index contributed by atoms with van der Waals surface area (Å²) in [7, 11) is 0. The largest absolute Gasteiger partial charge is 0.759 e. The zero-order valence-electron chi connectivity index (χ0n) is 2.71. The van der Waals surface area contributed by atoms with Crippen LogP contribution in [0.3, 0.4) is 0 Å². The molecule has 1 unspecified atom stereocenters. The van der Waals surface area contributed by atoms with E-state index in [1.807, 2.05) is 0 Å². The molecule has 0 spiro atoms. The lowest BCUT2D eigenvalue weighted by molar-refractivity contribution is 0.525. The van der Waals surface area contributed by atoms with Crippen LogP contribution in [0.1, 0.15) is 0 Å². The second-order valence-electron chi connectivity index (χ2n) is 0.353. The highest BCUT2D eigenvalue weighted by molar-refractivity contribution is 7.76. The molecule has 1 atom stereocenters. The summed E-state index contributed by atoms with van der Waals surface area (Å²) < 4.78 is 18.3. The van der Waals surface area contributed by atoms with Crippen molar-refractivity contribution in [1.82, 2.24) is 4.83 Å². The van der Waals surface area contributed by atoms with Gasteiger partial charge in [-0.15, -0.1) is 12.4 Å². The molecule has 0 aliphatic rings. The van der Waals surface area contributed by atoms with Crippen LogP contribution in [0.25, 0.3) is 0 Å². The van der Waals surface area contributed by atoms with E-state index in [0.29, 0.717) is 0 Å². The average Bonchev–Trinajstić information content (AvgIpc) is 1.38. The van der Waals surface area contributed by atoms with Crippen molar-refractivity contribution in [3.8, 4) is 0 Å². The Kier molecular flexibility index (Phi) is 8.50. The molecule has 40 valence electrons. The molecule has 0 aliphatic carbocycles. The number of nitrogens with one attached hydrogen (secondary N) is 1. The number of rotatable bonds is 1. The molecular weight excluding hydrogens is 128 g/mol. The number of halogens is 1. The minimum absolute atomic E-state index is 0. The summed E-state index contributed by atoms with van der Waals surface area (Å²) in [5.41, 5.74) is 0. The summed E-state index contributed by atoms with van der Waals surface area (Å²) in [5.74, 6) is 4.31. The van der Waals surface area contributed by atoms with Crippen molar-refractivity contribution in [2.45, 2.75) is 0 Å². The van der Waals surface area contributed by atoms with E-state index in [2.05, 4.69) is 5.84 Å². The molecule has 0 amide bonds. The molecule has 0 saturated heterocycles. The van der Waals surface area contributed by atoms with Crippen LogP contribution < -0.4 is 10.7 Å². The summed E-state index contributed by atoms with van der Waals surface area (Å²) in [6.45, 7) is 0. The van der Waals surface area contributed by atoms with Crippen LogP contribution in [0.15, 0.2) is 0 Å². The number of hydrazine groups is 1. The van der Waals surface area contributed by atoms with E-state index in [4.69, 9.17) is 8.76 Å². The van der Waals surface area contributed by atoms with Gasteiger partial charge >= 0.3 is 0 Å². The topological polar surface area (TPSA) is 78.2 Å². The van der Waals surface area contributed by atoms with Gasteiger partial charge in [0.2, 0.25) is 0 Å². The maximum absolute atomic E-state index is 9.13. The van der Waals surface area contributed by atoms with Gasteiger partial charge in [-0.05, 0) is 0 Å². The summed E-state index contributed by atoms with van der Waals surface area (Å²) in [5, 5.41) is 0. The van der Waals surface area contributed by atoms with E-state index in [-0.39, 0.29) is 12.4 Å². The summed E-state index contributed by atoms with van der Waals surface area (Å²) in [6, 6.07) is 0. The molecule has 0 bridgehead atoms. The second kappa shape index (κ2) is 5.32. The fourth-order valence-electron chi connectivity index (χ4n) is 0. The van der Waals surface area contributed by atoms with Gasteiger partial charge in [0, 0.05) is 11.3 Å². The van der Waals surface area contributed by atoms with Crippen molar-refractivity contribution >= 4 is 23.7 Å².